The molecule has 0 amide bonds. The Balaban J connectivity index is 2.70. The number of carbonyl (C=O) groups is 1. The monoisotopic (exact) mass is 316 g/mol. The molecule has 0 saturated heterocycles. The molecule has 0 N–H and O–H groups in total. The van der Waals surface area contributed by atoms with E-state index in [2.05, 4.69) is 9.84 Å². The molecule has 0 aliphatic heterocycles. The Morgan fingerprint density at radius 3 is 2.32 bits per heavy atom. The number of benzene rings is 1. The molecule has 1 aromatic heterocycles. The highest BCUT2D eigenvalue weighted by Gasteiger charge is 2.34. The molecule has 1 heterocycles. The van der Waals surface area contributed by atoms with E-state index in [1.807, 2.05) is 0 Å². The van der Waals surface area contributed by atoms with Gasteiger partial charge in [-0.25, -0.2) is 27.0 Å². The van der Waals surface area contributed by atoms with Crippen LogP contribution in [0, 0.1) is 0 Å². The summed E-state index contributed by atoms with van der Waals surface area (Å²) in [7, 11) is 0. The van der Waals surface area contributed by atoms with Crippen molar-refractivity contribution in [1.29, 1.82) is 0 Å². The third kappa shape index (κ3) is 2.95. The summed E-state index contributed by atoms with van der Waals surface area (Å²) in [5, 5.41) is 3.49. The molecule has 22 heavy (non-hydrogen) atoms. The van der Waals surface area contributed by atoms with E-state index >= 15 is 0 Å². The molecule has 2 aromatic rings. The number of aromatic nitrogens is 2. The molecule has 0 atom stereocenters. The van der Waals surface area contributed by atoms with E-state index in [1.165, 1.54) is 19.1 Å². The Hall–Kier alpha value is -2.38. The SMILES string of the molecule is CCOC(=O)c1c(C(F)F)nn(-c2ccccc2)c1C(F)F. The number of nitrogens with zero attached hydrogens (tertiary/aromatic N) is 2. The van der Waals surface area contributed by atoms with Gasteiger partial charge in [0.1, 0.15) is 17.0 Å². The van der Waals surface area contributed by atoms with Crippen molar-refractivity contribution in [2.45, 2.75) is 19.8 Å². The highest BCUT2D eigenvalue weighted by atomic mass is 19.3. The van der Waals surface area contributed by atoms with Crippen molar-refractivity contribution in [3.05, 3.63) is 47.3 Å². The van der Waals surface area contributed by atoms with Gasteiger partial charge in [0.25, 0.3) is 12.9 Å². The van der Waals surface area contributed by atoms with E-state index in [4.69, 9.17) is 0 Å². The van der Waals surface area contributed by atoms with Crippen molar-refractivity contribution >= 4 is 5.97 Å². The van der Waals surface area contributed by atoms with Crippen LogP contribution in [0.2, 0.25) is 0 Å². The maximum absolute atomic E-state index is 13.3. The fraction of sp³-hybridized carbons (Fsp3) is 0.286. The van der Waals surface area contributed by atoms with Crippen molar-refractivity contribution < 1.29 is 27.1 Å². The van der Waals surface area contributed by atoms with Gasteiger partial charge in [0.2, 0.25) is 0 Å². The molecule has 0 aliphatic rings. The number of para-hydroxylation sites is 1. The third-order valence-electron chi connectivity index (χ3n) is 2.84. The van der Waals surface area contributed by atoms with Crippen molar-refractivity contribution in [3.8, 4) is 5.69 Å². The lowest BCUT2D eigenvalue weighted by Gasteiger charge is -2.08. The van der Waals surface area contributed by atoms with Crippen LogP contribution >= 0.6 is 0 Å². The van der Waals surface area contributed by atoms with Crippen molar-refractivity contribution in [1.82, 2.24) is 9.78 Å². The second-order valence-corrected chi connectivity index (χ2v) is 4.21. The molecule has 118 valence electrons. The lowest BCUT2D eigenvalue weighted by molar-refractivity contribution is 0.0503. The zero-order chi connectivity index (χ0) is 16.3. The van der Waals surface area contributed by atoms with Gasteiger partial charge in [-0.1, -0.05) is 18.2 Å². The van der Waals surface area contributed by atoms with Crippen LogP contribution in [0.4, 0.5) is 17.6 Å². The summed E-state index contributed by atoms with van der Waals surface area (Å²) in [6, 6.07) is 7.55. The largest absolute Gasteiger partial charge is 0.462 e. The van der Waals surface area contributed by atoms with Crippen LogP contribution in [0.15, 0.2) is 30.3 Å². The van der Waals surface area contributed by atoms with Crippen LogP contribution in [0.3, 0.4) is 0 Å². The maximum atomic E-state index is 13.3. The van der Waals surface area contributed by atoms with Crippen LogP contribution in [0.25, 0.3) is 5.69 Å². The molecular formula is C14H12F4N2O2. The zero-order valence-corrected chi connectivity index (χ0v) is 11.5. The molecule has 0 unspecified atom stereocenters. The fourth-order valence-electron chi connectivity index (χ4n) is 1.98. The molecule has 0 fully saturated rings. The first-order valence-electron chi connectivity index (χ1n) is 6.39. The van der Waals surface area contributed by atoms with Gasteiger partial charge >= 0.3 is 5.97 Å². The van der Waals surface area contributed by atoms with Crippen LogP contribution in [0.5, 0.6) is 0 Å². The highest BCUT2D eigenvalue weighted by molar-refractivity contribution is 5.92. The molecule has 0 aliphatic carbocycles. The Morgan fingerprint density at radius 2 is 1.82 bits per heavy atom. The second-order valence-electron chi connectivity index (χ2n) is 4.21. The van der Waals surface area contributed by atoms with E-state index in [0.717, 1.165) is 0 Å². The number of rotatable bonds is 5. The lowest BCUT2D eigenvalue weighted by atomic mass is 10.1. The van der Waals surface area contributed by atoms with E-state index in [9.17, 15) is 22.4 Å². The molecule has 2 rings (SSSR count). The van der Waals surface area contributed by atoms with Crippen LogP contribution in [0.1, 0.15) is 41.5 Å². The molecule has 0 saturated carbocycles. The molecule has 4 nitrogen and oxygen atoms in total. The number of hydrogen-bond donors (Lipinski definition) is 0. The number of alkyl halides is 4. The second kappa shape index (κ2) is 6.59. The summed E-state index contributed by atoms with van der Waals surface area (Å²) in [5.41, 5.74) is -2.65. The molecule has 0 radical (unpaired) electrons. The van der Waals surface area contributed by atoms with Crippen LogP contribution in [-0.4, -0.2) is 22.4 Å². The summed E-state index contributed by atoms with van der Waals surface area (Å²) in [4.78, 5) is 11.8. The van der Waals surface area contributed by atoms with E-state index in [-0.39, 0.29) is 12.3 Å². The first-order valence-corrected chi connectivity index (χ1v) is 6.39. The van der Waals surface area contributed by atoms with Gasteiger partial charge in [0.05, 0.1) is 12.3 Å². The normalized spacial score (nSPS) is 11.2. The predicted molar refractivity (Wildman–Crippen MR) is 69.4 cm³/mol. The summed E-state index contributed by atoms with van der Waals surface area (Å²) in [6.07, 6.45) is -6.35. The summed E-state index contributed by atoms with van der Waals surface area (Å²) in [5.74, 6) is -1.24. The van der Waals surface area contributed by atoms with Crippen LogP contribution < -0.4 is 0 Å². The number of hydrogen-bond acceptors (Lipinski definition) is 3. The summed E-state index contributed by atoms with van der Waals surface area (Å²) >= 11 is 0. The quantitative estimate of drug-likeness (QED) is 0.620. The lowest BCUT2D eigenvalue weighted by Crippen LogP contribution is -2.11. The Kier molecular flexibility index (Phi) is 4.79. The molecule has 8 heteroatoms. The number of esters is 1. The third-order valence-corrected chi connectivity index (χ3v) is 2.84. The van der Waals surface area contributed by atoms with E-state index in [1.54, 1.807) is 18.2 Å². The van der Waals surface area contributed by atoms with E-state index in [0.29, 0.717) is 4.68 Å². The minimum Gasteiger partial charge on any atom is -0.462 e. The van der Waals surface area contributed by atoms with Gasteiger partial charge in [0.15, 0.2) is 0 Å². The number of ether oxygens (including phenoxy) is 1. The van der Waals surface area contributed by atoms with Gasteiger partial charge < -0.3 is 4.74 Å². The van der Waals surface area contributed by atoms with Gasteiger partial charge in [-0.2, -0.15) is 5.10 Å². The highest BCUT2D eigenvalue weighted by Crippen LogP contribution is 2.33. The first kappa shape index (κ1) is 16.0. The first-order chi connectivity index (χ1) is 10.5. The van der Waals surface area contributed by atoms with Crippen LogP contribution in [-0.2, 0) is 4.74 Å². The molecule has 1 aromatic carbocycles. The topological polar surface area (TPSA) is 44.1 Å². The van der Waals surface area contributed by atoms with Gasteiger partial charge in [-0.15, -0.1) is 0 Å². The molecule has 0 spiro atoms. The predicted octanol–water partition coefficient (Wildman–Crippen LogP) is 3.92. The Morgan fingerprint density at radius 1 is 1.18 bits per heavy atom. The summed E-state index contributed by atoms with van der Waals surface area (Å²) in [6.45, 7) is 1.32. The molecule has 0 bridgehead atoms. The van der Waals surface area contributed by atoms with Gasteiger partial charge in [-0.05, 0) is 19.1 Å². The van der Waals surface area contributed by atoms with E-state index < -0.39 is 35.8 Å². The van der Waals surface area contributed by atoms with Crippen molar-refractivity contribution in [3.63, 3.8) is 0 Å². The summed E-state index contributed by atoms with van der Waals surface area (Å²) < 4.78 is 58.1. The van der Waals surface area contributed by atoms with Gasteiger partial charge in [0, 0.05) is 0 Å². The average molecular weight is 316 g/mol. The van der Waals surface area contributed by atoms with Crippen molar-refractivity contribution in [2.24, 2.45) is 0 Å². The minimum atomic E-state index is -3.18. The van der Waals surface area contributed by atoms with Gasteiger partial charge in [-0.3, -0.25) is 0 Å². The fourth-order valence-corrected chi connectivity index (χ4v) is 1.98. The zero-order valence-electron chi connectivity index (χ0n) is 11.5. The Labute approximate surface area is 123 Å². The maximum Gasteiger partial charge on any atom is 0.342 e. The number of halogens is 4. The smallest absolute Gasteiger partial charge is 0.342 e. The number of carbonyl (C=O) groups excluding carboxylic acids is 1. The van der Waals surface area contributed by atoms with Crippen molar-refractivity contribution in [2.75, 3.05) is 6.61 Å². The minimum absolute atomic E-state index is 0.124. The molecular weight excluding hydrogens is 304 g/mol. The standard InChI is InChI=1S/C14H12F4N2O2/c1-2-22-14(21)9-10(12(15)16)19-20(11(9)13(17)18)8-6-4-3-5-7-8/h3-7,12-13H,2H2,1H3. The average Bonchev–Trinajstić information content (AvgIpc) is 2.89. The Bertz CT molecular complexity index is 656.